The fraction of sp³-hybridized carbons (Fsp3) is 0.250. The lowest BCUT2D eigenvalue weighted by atomic mass is 10.5. The minimum Gasteiger partial charge on any atom is -0.242 e. The first-order valence-electron chi connectivity index (χ1n) is 6.36. The number of hydrogen-bond donors (Lipinski definition) is 1. The highest BCUT2D eigenvalue weighted by atomic mass is 79.9. The number of pyridine rings is 1. The van der Waals surface area contributed by atoms with E-state index >= 15 is 0 Å². The minimum absolute atomic E-state index is 0.0568. The topological polar surface area (TPSA) is 96.4 Å². The minimum atomic E-state index is -3.88. The average molecular weight is 475 g/mol. The Hall–Kier alpha value is -0.560. The van der Waals surface area contributed by atoms with Gasteiger partial charge in [0.1, 0.15) is 14.3 Å². The summed E-state index contributed by atoms with van der Waals surface area (Å²) in [6.07, 6.45) is 1.39. The van der Waals surface area contributed by atoms with Crippen molar-refractivity contribution in [2.24, 2.45) is 0 Å². The van der Waals surface area contributed by atoms with Gasteiger partial charge in [-0.1, -0.05) is 11.6 Å². The van der Waals surface area contributed by atoms with E-state index in [0.717, 1.165) is 15.6 Å². The third-order valence-electron chi connectivity index (χ3n) is 2.87. The van der Waals surface area contributed by atoms with Crippen molar-refractivity contribution in [1.29, 1.82) is 0 Å². The van der Waals surface area contributed by atoms with Gasteiger partial charge in [0, 0.05) is 36.2 Å². The highest BCUT2D eigenvalue weighted by Gasteiger charge is 2.22. The van der Waals surface area contributed by atoms with E-state index in [1.165, 1.54) is 32.4 Å². The summed E-state index contributed by atoms with van der Waals surface area (Å²) in [5.41, 5.74) is 0. The van der Waals surface area contributed by atoms with Crippen LogP contribution in [0.3, 0.4) is 0 Å². The Bertz CT molecular complexity index is 958. The number of hydrogen-bond acceptors (Lipinski definition) is 6. The van der Waals surface area contributed by atoms with Crippen LogP contribution in [0.1, 0.15) is 4.88 Å². The van der Waals surface area contributed by atoms with Gasteiger partial charge in [-0.2, -0.15) is 0 Å². The Morgan fingerprint density at radius 3 is 2.58 bits per heavy atom. The second-order valence-electron chi connectivity index (χ2n) is 4.78. The molecule has 0 unspecified atom stereocenters. The number of nitrogens with one attached hydrogen (secondary N) is 1. The van der Waals surface area contributed by atoms with E-state index in [-0.39, 0.29) is 20.8 Å². The highest BCUT2D eigenvalue weighted by molar-refractivity contribution is 9.10. The van der Waals surface area contributed by atoms with E-state index < -0.39 is 20.0 Å². The summed E-state index contributed by atoms with van der Waals surface area (Å²) in [6.45, 7) is -0.0568. The molecule has 0 radical (unpaired) electrons. The summed E-state index contributed by atoms with van der Waals surface area (Å²) >= 11 is 9.97. The summed E-state index contributed by atoms with van der Waals surface area (Å²) in [4.78, 5) is 4.17. The summed E-state index contributed by atoms with van der Waals surface area (Å²) in [6, 6.07) is 4.34. The van der Waals surface area contributed by atoms with Crippen LogP contribution in [0.5, 0.6) is 0 Å². The van der Waals surface area contributed by atoms with Crippen LogP contribution in [0.25, 0.3) is 0 Å². The zero-order valence-electron chi connectivity index (χ0n) is 12.5. The van der Waals surface area contributed by atoms with Gasteiger partial charge in [-0.15, -0.1) is 11.3 Å². The molecule has 0 fully saturated rings. The number of halogens is 2. The van der Waals surface area contributed by atoms with Gasteiger partial charge in [0.05, 0.1) is 0 Å². The molecule has 0 saturated carbocycles. The number of sulfonamides is 2. The normalized spacial score (nSPS) is 12.7. The van der Waals surface area contributed by atoms with Crippen molar-refractivity contribution < 1.29 is 16.8 Å². The molecule has 0 bridgehead atoms. The van der Waals surface area contributed by atoms with Crippen LogP contribution in [-0.2, 0) is 26.6 Å². The Morgan fingerprint density at radius 1 is 1.29 bits per heavy atom. The van der Waals surface area contributed by atoms with E-state index in [4.69, 9.17) is 11.6 Å². The van der Waals surface area contributed by atoms with Crippen LogP contribution >= 0.6 is 38.9 Å². The number of nitrogens with zero attached hydrogens (tertiary/aromatic N) is 2. The van der Waals surface area contributed by atoms with E-state index in [1.807, 2.05) is 0 Å². The molecule has 7 nitrogen and oxygen atoms in total. The molecule has 0 aliphatic rings. The predicted molar refractivity (Wildman–Crippen MR) is 96.2 cm³/mol. The smallest absolute Gasteiger partial charge is 0.242 e. The van der Waals surface area contributed by atoms with E-state index in [1.54, 1.807) is 6.07 Å². The van der Waals surface area contributed by atoms with Gasteiger partial charge in [-0.25, -0.2) is 30.8 Å². The van der Waals surface area contributed by atoms with Crippen molar-refractivity contribution >= 4 is 58.9 Å². The fourth-order valence-electron chi connectivity index (χ4n) is 1.61. The second-order valence-corrected chi connectivity index (χ2v) is 11.3. The molecule has 0 aromatic carbocycles. The number of rotatable bonds is 6. The van der Waals surface area contributed by atoms with Crippen LogP contribution in [0.4, 0.5) is 0 Å². The molecule has 2 aromatic heterocycles. The zero-order chi connectivity index (χ0) is 18.1. The summed E-state index contributed by atoms with van der Waals surface area (Å²) in [5, 5.41) is -0.146. The molecule has 2 aromatic rings. The molecular weight excluding hydrogens is 462 g/mol. The van der Waals surface area contributed by atoms with Crippen LogP contribution in [0.15, 0.2) is 38.0 Å². The zero-order valence-corrected chi connectivity index (χ0v) is 17.3. The van der Waals surface area contributed by atoms with Gasteiger partial charge in [0.15, 0.2) is 0 Å². The van der Waals surface area contributed by atoms with Gasteiger partial charge in [-0.3, -0.25) is 0 Å². The molecule has 0 saturated heterocycles. The molecule has 0 atom stereocenters. The molecule has 2 heterocycles. The maximum Gasteiger partial charge on any atom is 0.252 e. The van der Waals surface area contributed by atoms with Crippen LogP contribution in [0, 0.1) is 0 Å². The van der Waals surface area contributed by atoms with Crippen LogP contribution in [-0.4, -0.2) is 40.2 Å². The van der Waals surface area contributed by atoms with Crippen LogP contribution < -0.4 is 4.72 Å². The fourth-order valence-corrected chi connectivity index (χ4v) is 6.11. The molecule has 1 N–H and O–H groups in total. The van der Waals surface area contributed by atoms with Crippen molar-refractivity contribution in [2.45, 2.75) is 15.6 Å². The van der Waals surface area contributed by atoms with Crippen molar-refractivity contribution in [3.8, 4) is 0 Å². The highest BCUT2D eigenvalue weighted by Crippen LogP contribution is 2.25. The molecule has 24 heavy (non-hydrogen) atoms. The van der Waals surface area contributed by atoms with Gasteiger partial charge < -0.3 is 0 Å². The predicted octanol–water partition coefficient (Wildman–Crippen LogP) is 2.29. The van der Waals surface area contributed by atoms with Crippen molar-refractivity contribution in [3.63, 3.8) is 0 Å². The first-order chi connectivity index (χ1) is 11.0. The molecule has 0 aliphatic carbocycles. The quantitative estimate of drug-likeness (QED) is 0.648. The summed E-state index contributed by atoms with van der Waals surface area (Å²) in [7, 11) is -4.56. The first kappa shape index (κ1) is 19.8. The average Bonchev–Trinajstić information content (AvgIpc) is 2.97. The standard InChI is InChI=1S/C12H13BrClN3O4S3/c1-17(2)24(20,21)11-4-3-9(22-11)7-16-23(18,19)10-5-8(13)6-15-12(10)14/h3-6,16H,7H2,1-2H3. The van der Waals surface area contributed by atoms with Crippen molar-refractivity contribution in [2.75, 3.05) is 14.1 Å². The second kappa shape index (κ2) is 7.36. The summed E-state index contributed by atoms with van der Waals surface area (Å²) < 4.78 is 52.8. The van der Waals surface area contributed by atoms with Gasteiger partial charge in [0.2, 0.25) is 10.0 Å². The third kappa shape index (κ3) is 4.34. The molecule has 132 valence electrons. The maximum absolute atomic E-state index is 12.3. The number of aromatic nitrogens is 1. The Kier molecular flexibility index (Phi) is 6.06. The number of thiophene rings is 1. The third-order valence-corrected chi connectivity index (χ3v) is 8.50. The largest absolute Gasteiger partial charge is 0.252 e. The van der Waals surface area contributed by atoms with E-state index in [2.05, 4.69) is 25.6 Å². The maximum atomic E-state index is 12.3. The Labute approximate surface area is 157 Å². The molecule has 0 amide bonds. The molecular formula is C12H13BrClN3O4S3. The molecule has 2 rings (SSSR count). The molecule has 0 spiro atoms. The van der Waals surface area contributed by atoms with Crippen molar-refractivity contribution in [1.82, 2.24) is 14.0 Å². The Balaban J connectivity index is 2.19. The van der Waals surface area contributed by atoms with Crippen molar-refractivity contribution in [3.05, 3.63) is 38.9 Å². The lowest BCUT2D eigenvalue weighted by Crippen LogP contribution is -2.23. The van der Waals surface area contributed by atoms with Gasteiger partial charge in [0.25, 0.3) is 10.0 Å². The lowest BCUT2D eigenvalue weighted by Gasteiger charge is -2.09. The van der Waals surface area contributed by atoms with E-state index in [9.17, 15) is 16.8 Å². The lowest BCUT2D eigenvalue weighted by molar-refractivity contribution is 0.523. The van der Waals surface area contributed by atoms with Crippen LogP contribution in [0.2, 0.25) is 5.15 Å². The monoisotopic (exact) mass is 473 g/mol. The molecule has 0 aliphatic heterocycles. The van der Waals surface area contributed by atoms with Gasteiger partial charge in [-0.05, 0) is 34.1 Å². The summed E-state index contributed by atoms with van der Waals surface area (Å²) in [5.74, 6) is 0. The van der Waals surface area contributed by atoms with E-state index in [0.29, 0.717) is 9.35 Å². The SMILES string of the molecule is CN(C)S(=O)(=O)c1ccc(CNS(=O)(=O)c2cc(Br)cnc2Cl)s1. The van der Waals surface area contributed by atoms with Gasteiger partial charge >= 0.3 is 0 Å². The Morgan fingerprint density at radius 2 is 1.96 bits per heavy atom. The molecule has 12 heteroatoms. The first-order valence-corrected chi connectivity index (χ1v) is 11.3.